The van der Waals surface area contributed by atoms with E-state index < -0.39 is 5.25 Å². The molecule has 126 valence electrons. The topological polar surface area (TPSA) is 61.8 Å². The van der Waals surface area contributed by atoms with Gasteiger partial charge in [-0.25, -0.2) is 0 Å². The number of halogens is 1. The van der Waals surface area contributed by atoms with E-state index in [4.69, 9.17) is 11.6 Å². The maximum absolute atomic E-state index is 12.5. The highest BCUT2D eigenvalue weighted by Crippen LogP contribution is 2.30. The molecular weight excluding hydrogens is 346 g/mol. The third kappa shape index (κ3) is 4.72. The summed E-state index contributed by atoms with van der Waals surface area (Å²) in [6, 6.07) is 6.81. The van der Waals surface area contributed by atoms with Crippen LogP contribution >= 0.6 is 23.4 Å². The maximum Gasteiger partial charge on any atom is 0.242 e. The zero-order valence-electron chi connectivity index (χ0n) is 13.1. The number of anilines is 1. The molecule has 1 atom stereocenters. The molecule has 2 rings (SSSR count). The number of nitrogens with zero attached hydrogens (tertiary/aromatic N) is 2. The number of carbonyl (C=O) groups is 2. The molecule has 1 saturated heterocycles. The fraction of sp³-hybridized carbons (Fsp3) is 0.235. The molecule has 0 saturated carbocycles. The van der Waals surface area contributed by atoms with Gasteiger partial charge in [0, 0.05) is 23.7 Å². The van der Waals surface area contributed by atoms with Crippen LogP contribution in [0.15, 0.2) is 54.6 Å². The predicted octanol–water partition coefficient (Wildman–Crippen LogP) is 3.34. The number of hydrogen-bond acceptors (Lipinski definition) is 4. The smallest absolute Gasteiger partial charge is 0.242 e. The standard InChI is InChI=1S/C17H18ClN3O2S/c1-3-9-19-17-21(10-4-2)16(23)14(24-17)11-15(22)20-13-7-5-12(18)6-8-13/h3-8,14H,1-2,9-11H2,(H,20,22)/t14-/m1/s1. The summed E-state index contributed by atoms with van der Waals surface area (Å²) in [7, 11) is 0. The molecule has 5 nitrogen and oxygen atoms in total. The number of aliphatic imine (C=N–C) groups is 1. The largest absolute Gasteiger partial charge is 0.326 e. The van der Waals surface area contributed by atoms with Gasteiger partial charge in [0.15, 0.2) is 5.17 Å². The summed E-state index contributed by atoms with van der Waals surface area (Å²) in [6.45, 7) is 8.07. The second-order valence-corrected chi connectivity index (χ2v) is 6.62. The first-order chi connectivity index (χ1) is 11.5. The zero-order valence-corrected chi connectivity index (χ0v) is 14.6. The zero-order chi connectivity index (χ0) is 17.5. The van der Waals surface area contributed by atoms with Crippen molar-refractivity contribution in [2.24, 2.45) is 4.99 Å². The third-order valence-electron chi connectivity index (χ3n) is 3.19. The summed E-state index contributed by atoms with van der Waals surface area (Å²) < 4.78 is 0. The molecule has 2 amide bonds. The molecule has 1 heterocycles. The molecule has 0 bridgehead atoms. The van der Waals surface area contributed by atoms with Gasteiger partial charge in [-0.1, -0.05) is 35.5 Å². The molecule has 0 radical (unpaired) electrons. The van der Waals surface area contributed by atoms with E-state index in [0.29, 0.717) is 29.0 Å². The lowest BCUT2D eigenvalue weighted by Crippen LogP contribution is -2.33. The number of carbonyl (C=O) groups excluding carboxylic acids is 2. The Morgan fingerprint density at radius 3 is 2.67 bits per heavy atom. The molecule has 0 unspecified atom stereocenters. The molecule has 1 aromatic carbocycles. The fourth-order valence-electron chi connectivity index (χ4n) is 2.11. The van der Waals surface area contributed by atoms with Gasteiger partial charge >= 0.3 is 0 Å². The number of amidine groups is 1. The van der Waals surface area contributed by atoms with Gasteiger partial charge in [0.25, 0.3) is 0 Å². The number of rotatable bonds is 7. The van der Waals surface area contributed by atoms with E-state index in [1.165, 1.54) is 11.8 Å². The normalized spacial score (nSPS) is 18.7. The Hall–Kier alpha value is -2.05. The molecule has 24 heavy (non-hydrogen) atoms. The first-order valence-electron chi connectivity index (χ1n) is 7.35. The van der Waals surface area contributed by atoms with Crippen molar-refractivity contribution in [1.82, 2.24) is 4.90 Å². The molecule has 1 fully saturated rings. The van der Waals surface area contributed by atoms with Crippen molar-refractivity contribution < 1.29 is 9.59 Å². The second kappa shape index (κ2) is 8.70. The molecule has 0 aliphatic carbocycles. The summed E-state index contributed by atoms with van der Waals surface area (Å²) >= 11 is 7.11. The van der Waals surface area contributed by atoms with E-state index in [1.54, 1.807) is 41.3 Å². The first kappa shape index (κ1) is 18.3. The van der Waals surface area contributed by atoms with Crippen molar-refractivity contribution in [3.05, 3.63) is 54.6 Å². The monoisotopic (exact) mass is 363 g/mol. The van der Waals surface area contributed by atoms with Crippen molar-refractivity contribution in [3.8, 4) is 0 Å². The van der Waals surface area contributed by atoms with Crippen LogP contribution in [0.2, 0.25) is 5.02 Å². The van der Waals surface area contributed by atoms with Gasteiger partial charge in [0.2, 0.25) is 11.8 Å². The van der Waals surface area contributed by atoms with Crippen LogP contribution in [0.3, 0.4) is 0 Å². The van der Waals surface area contributed by atoms with Crippen LogP contribution in [0.1, 0.15) is 6.42 Å². The van der Waals surface area contributed by atoms with Gasteiger partial charge in [0.1, 0.15) is 5.25 Å². The Balaban J connectivity index is 2.01. The molecule has 1 aliphatic heterocycles. The number of amides is 2. The fourth-order valence-corrected chi connectivity index (χ4v) is 3.40. The highest BCUT2D eigenvalue weighted by atomic mass is 35.5. The lowest BCUT2D eigenvalue weighted by Gasteiger charge is -2.13. The van der Waals surface area contributed by atoms with Crippen LogP contribution in [0, 0.1) is 0 Å². The number of hydrogen-bond donors (Lipinski definition) is 1. The SMILES string of the molecule is C=CCN=C1S[C@H](CC(=O)Nc2ccc(Cl)cc2)C(=O)N1CC=C. The molecule has 1 aromatic rings. The van der Waals surface area contributed by atoms with E-state index in [9.17, 15) is 9.59 Å². The Morgan fingerprint density at radius 1 is 1.33 bits per heavy atom. The van der Waals surface area contributed by atoms with Crippen molar-refractivity contribution >= 4 is 46.0 Å². The van der Waals surface area contributed by atoms with Gasteiger partial charge < -0.3 is 5.32 Å². The maximum atomic E-state index is 12.5. The average molecular weight is 364 g/mol. The average Bonchev–Trinajstić information content (AvgIpc) is 2.84. The van der Waals surface area contributed by atoms with Crippen molar-refractivity contribution in [2.45, 2.75) is 11.7 Å². The lowest BCUT2D eigenvalue weighted by molar-refractivity contribution is -0.127. The predicted molar refractivity (Wildman–Crippen MR) is 100 cm³/mol. The summed E-state index contributed by atoms with van der Waals surface area (Å²) in [6.07, 6.45) is 3.37. The first-order valence-corrected chi connectivity index (χ1v) is 8.60. The Labute approximate surface area is 150 Å². The van der Waals surface area contributed by atoms with Crippen LogP contribution in [0.4, 0.5) is 5.69 Å². The van der Waals surface area contributed by atoms with E-state index in [1.807, 2.05) is 0 Å². The van der Waals surface area contributed by atoms with Crippen molar-refractivity contribution in [1.29, 1.82) is 0 Å². The van der Waals surface area contributed by atoms with E-state index in [0.717, 1.165) is 0 Å². The summed E-state index contributed by atoms with van der Waals surface area (Å²) in [5, 5.41) is 3.47. The molecule has 1 aliphatic rings. The summed E-state index contributed by atoms with van der Waals surface area (Å²) in [5.74, 6) is -0.360. The van der Waals surface area contributed by atoms with Gasteiger partial charge in [-0.15, -0.1) is 13.2 Å². The molecule has 0 spiro atoms. The quantitative estimate of drug-likeness (QED) is 0.756. The van der Waals surface area contributed by atoms with Gasteiger partial charge in [-0.2, -0.15) is 0 Å². The Bertz CT molecular complexity index is 673. The highest BCUT2D eigenvalue weighted by molar-refractivity contribution is 8.15. The minimum Gasteiger partial charge on any atom is -0.326 e. The highest BCUT2D eigenvalue weighted by Gasteiger charge is 2.38. The van der Waals surface area contributed by atoms with E-state index >= 15 is 0 Å². The van der Waals surface area contributed by atoms with Gasteiger partial charge in [0.05, 0.1) is 6.54 Å². The Morgan fingerprint density at radius 2 is 2.04 bits per heavy atom. The minimum absolute atomic E-state index is 0.0763. The molecule has 1 N–H and O–H groups in total. The molecule has 7 heteroatoms. The van der Waals surface area contributed by atoms with E-state index in [2.05, 4.69) is 23.5 Å². The van der Waals surface area contributed by atoms with Crippen LogP contribution in [-0.2, 0) is 9.59 Å². The molecule has 0 aromatic heterocycles. The lowest BCUT2D eigenvalue weighted by atomic mass is 10.2. The minimum atomic E-state index is -0.485. The van der Waals surface area contributed by atoms with Crippen molar-refractivity contribution in [2.75, 3.05) is 18.4 Å². The summed E-state index contributed by atoms with van der Waals surface area (Å²) in [4.78, 5) is 30.5. The van der Waals surface area contributed by atoms with Gasteiger partial charge in [-0.3, -0.25) is 19.5 Å². The number of benzene rings is 1. The van der Waals surface area contributed by atoms with Crippen LogP contribution in [0.25, 0.3) is 0 Å². The Kier molecular flexibility index (Phi) is 6.63. The van der Waals surface area contributed by atoms with Crippen LogP contribution in [0.5, 0.6) is 0 Å². The van der Waals surface area contributed by atoms with Gasteiger partial charge in [-0.05, 0) is 24.3 Å². The third-order valence-corrected chi connectivity index (χ3v) is 4.65. The van der Waals surface area contributed by atoms with Crippen LogP contribution < -0.4 is 5.32 Å². The molecular formula is C17H18ClN3O2S. The van der Waals surface area contributed by atoms with Crippen molar-refractivity contribution in [3.63, 3.8) is 0 Å². The second-order valence-electron chi connectivity index (χ2n) is 5.02. The van der Waals surface area contributed by atoms with Crippen LogP contribution in [-0.4, -0.2) is 40.2 Å². The van der Waals surface area contributed by atoms with E-state index in [-0.39, 0.29) is 18.2 Å². The number of nitrogens with one attached hydrogen (secondary N) is 1. The summed E-state index contributed by atoms with van der Waals surface area (Å²) in [5.41, 5.74) is 0.642. The number of thioether (sulfide) groups is 1.